The fourth-order valence-corrected chi connectivity index (χ4v) is 4.50. The first-order valence-corrected chi connectivity index (χ1v) is 10.7. The van der Waals surface area contributed by atoms with Crippen LogP contribution in [0.1, 0.15) is 31.2 Å². The van der Waals surface area contributed by atoms with Crippen molar-refractivity contribution in [1.82, 2.24) is 15.1 Å². The fourth-order valence-electron chi connectivity index (χ4n) is 4.27. The summed E-state index contributed by atoms with van der Waals surface area (Å²) < 4.78 is 0. The fraction of sp³-hybridized carbons (Fsp3) is 0.476. The van der Waals surface area contributed by atoms with E-state index in [0.29, 0.717) is 42.7 Å². The van der Waals surface area contributed by atoms with Crippen molar-refractivity contribution in [2.45, 2.75) is 31.3 Å². The molecule has 6 nitrogen and oxygen atoms in total. The summed E-state index contributed by atoms with van der Waals surface area (Å²) >= 11 is 11.8. The van der Waals surface area contributed by atoms with Crippen LogP contribution in [-0.4, -0.2) is 52.3 Å². The molecule has 8 heteroatoms. The first-order valence-electron chi connectivity index (χ1n) is 9.96. The van der Waals surface area contributed by atoms with Gasteiger partial charge in [0.05, 0.1) is 11.5 Å². The van der Waals surface area contributed by atoms with Crippen LogP contribution in [0, 0.1) is 5.92 Å². The molecule has 0 unspecified atom stereocenters. The SMILES string of the molecule is O=C([C@H]1CCCN(c2ccc(Cl)nn2)C1)N1CCC(O)(c2ccc(Cl)cc2)CC1. The summed E-state index contributed by atoms with van der Waals surface area (Å²) in [6, 6.07) is 10.9. The quantitative estimate of drug-likeness (QED) is 0.799. The molecule has 2 aliphatic rings. The number of carbonyl (C=O) groups excluding carboxylic acids is 1. The third-order valence-corrected chi connectivity index (χ3v) is 6.45. The number of anilines is 1. The molecule has 0 radical (unpaired) electrons. The van der Waals surface area contributed by atoms with Crippen molar-refractivity contribution in [3.05, 3.63) is 52.1 Å². The highest BCUT2D eigenvalue weighted by atomic mass is 35.5. The standard InChI is InChI=1S/C21H24Cl2N4O2/c22-17-5-3-16(4-6-17)21(29)9-12-26(13-10-21)20(28)15-2-1-11-27(14-15)19-8-7-18(23)24-25-19/h3-8,15,29H,1-2,9-14H2/t15-/m0/s1. The van der Waals surface area contributed by atoms with Crippen LogP contribution in [0.4, 0.5) is 5.82 Å². The number of amides is 1. The summed E-state index contributed by atoms with van der Waals surface area (Å²) in [5.41, 5.74) is -0.0436. The number of piperidine rings is 2. The largest absolute Gasteiger partial charge is 0.385 e. The Bertz CT molecular complexity index is 852. The lowest BCUT2D eigenvalue weighted by atomic mass is 9.84. The van der Waals surface area contributed by atoms with E-state index in [9.17, 15) is 9.90 Å². The molecule has 2 aromatic rings. The van der Waals surface area contributed by atoms with Crippen molar-refractivity contribution in [1.29, 1.82) is 0 Å². The van der Waals surface area contributed by atoms with E-state index in [0.717, 1.165) is 30.8 Å². The lowest BCUT2D eigenvalue weighted by Crippen LogP contribution is -2.50. The Morgan fingerprint density at radius 2 is 1.76 bits per heavy atom. The molecule has 2 fully saturated rings. The first-order chi connectivity index (χ1) is 13.9. The molecule has 1 atom stereocenters. The summed E-state index contributed by atoms with van der Waals surface area (Å²) in [5, 5.41) is 20.1. The van der Waals surface area contributed by atoms with E-state index in [1.54, 1.807) is 18.2 Å². The molecule has 1 N–H and O–H groups in total. The number of hydrogen-bond donors (Lipinski definition) is 1. The van der Waals surface area contributed by atoms with Gasteiger partial charge in [0.1, 0.15) is 0 Å². The van der Waals surface area contributed by atoms with E-state index in [1.807, 2.05) is 23.1 Å². The second kappa shape index (κ2) is 8.46. The molecule has 4 rings (SSSR count). The normalized spacial score (nSPS) is 21.8. The number of benzene rings is 1. The van der Waals surface area contributed by atoms with Gasteiger partial charge in [0.25, 0.3) is 0 Å². The van der Waals surface area contributed by atoms with Crippen LogP contribution in [0.2, 0.25) is 10.2 Å². The Kier molecular flexibility index (Phi) is 5.95. The molecule has 0 spiro atoms. The molecule has 29 heavy (non-hydrogen) atoms. The third kappa shape index (κ3) is 4.49. The Labute approximate surface area is 180 Å². The maximum atomic E-state index is 13.1. The number of halogens is 2. The van der Waals surface area contributed by atoms with Crippen LogP contribution in [-0.2, 0) is 10.4 Å². The molecule has 0 aliphatic carbocycles. The van der Waals surface area contributed by atoms with Crippen LogP contribution in [0.5, 0.6) is 0 Å². The van der Waals surface area contributed by atoms with Gasteiger partial charge in [-0.3, -0.25) is 4.79 Å². The van der Waals surface area contributed by atoms with Crippen LogP contribution >= 0.6 is 23.2 Å². The maximum absolute atomic E-state index is 13.1. The summed E-state index contributed by atoms with van der Waals surface area (Å²) in [6.45, 7) is 2.59. The Balaban J connectivity index is 1.37. The summed E-state index contributed by atoms with van der Waals surface area (Å²) in [7, 11) is 0. The van der Waals surface area contributed by atoms with Crippen LogP contribution in [0.15, 0.2) is 36.4 Å². The van der Waals surface area contributed by atoms with E-state index in [2.05, 4.69) is 15.1 Å². The molecular formula is C21H24Cl2N4O2. The number of likely N-dealkylation sites (tertiary alicyclic amines) is 1. The van der Waals surface area contributed by atoms with Crippen molar-refractivity contribution in [2.24, 2.45) is 5.92 Å². The zero-order valence-electron chi connectivity index (χ0n) is 16.1. The summed E-state index contributed by atoms with van der Waals surface area (Å²) in [4.78, 5) is 17.1. The van der Waals surface area contributed by atoms with Gasteiger partial charge in [-0.2, -0.15) is 0 Å². The minimum Gasteiger partial charge on any atom is -0.385 e. The van der Waals surface area contributed by atoms with Crippen molar-refractivity contribution < 1.29 is 9.90 Å². The van der Waals surface area contributed by atoms with Gasteiger partial charge in [0, 0.05) is 31.2 Å². The molecule has 1 amide bonds. The van der Waals surface area contributed by atoms with Gasteiger partial charge in [0.15, 0.2) is 11.0 Å². The van der Waals surface area contributed by atoms with Crippen molar-refractivity contribution in [3.63, 3.8) is 0 Å². The number of aromatic nitrogens is 2. The number of nitrogens with zero attached hydrogens (tertiary/aromatic N) is 4. The van der Waals surface area contributed by atoms with Crippen LogP contribution in [0.25, 0.3) is 0 Å². The van der Waals surface area contributed by atoms with Crippen LogP contribution < -0.4 is 4.90 Å². The number of carbonyl (C=O) groups is 1. The van der Waals surface area contributed by atoms with Crippen molar-refractivity contribution in [2.75, 3.05) is 31.1 Å². The molecule has 0 bridgehead atoms. The third-order valence-electron chi connectivity index (χ3n) is 6.00. The molecule has 3 heterocycles. The maximum Gasteiger partial charge on any atom is 0.227 e. The first kappa shape index (κ1) is 20.4. The number of rotatable bonds is 3. The van der Waals surface area contributed by atoms with Crippen molar-refractivity contribution in [3.8, 4) is 0 Å². The molecule has 0 saturated carbocycles. The van der Waals surface area contributed by atoms with E-state index < -0.39 is 5.60 Å². The number of hydrogen-bond acceptors (Lipinski definition) is 5. The minimum absolute atomic E-state index is 0.0667. The van der Waals surface area contributed by atoms with Gasteiger partial charge >= 0.3 is 0 Å². The van der Waals surface area contributed by atoms with Gasteiger partial charge in [-0.1, -0.05) is 35.3 Å². The highest BCUT2D eigenvalue weighted by Crippen LogP contribution is 2.34. The van der Waals surface area contributed by atoms with E-state index in [-0.39, 0.29) is 11.8 Å². The lowest BCUT2D eigenvalue weighted by Gasteiger charge is -2.41. The predicted molar refractivity (Wildman–Crippen MR) is 113 cm³/mol. The smallest absolute Gasteiger partial charge is 0.227 e. The highest BCUT2D eigenvalue weighted by Gasteiger charge is 2.38. The average molecular weight is 435 g/mol. The van der Waals surface area contributed by atoms with E-state index >= 15 is 0 Å². The van der Waals surface area contributed by atoms with Gasteiger partial charge < -0.3 is 14.9 Å². The van der Waals surface area contributed by atoms with Gasteiger partial charge in [0.2, 0.25) is 5.91 Å². The topological polar surface area (TPSA) is 69.6 Å². The lowest BCUT2D eigenvalue weighted by molar-refractivity contribution is -0.140. The Morgan fingerprint density at radius 1 is 1.03 bits per heavy atom. The minimum atomic E-state index is -0.904. The molecular weight excluding hydrogens is 411 g/mol. The zero-order chi connectivity index (χ0) is 20.4. The summed E-state index contributed by atoms with van der Waals surface area (Å²) in [6.07, 6.45) is 2.86. The monoisotopic (exact) mass is 434 g/mol. The molecule has 154 valence electrons. The van der Waals surface area contributed by atoms with Crippen LogP contribution in [0.3, 0.4) is 0 Å². The predicted octanol–water partition coefficient (Wildman–Crippen LogP) is 3.51. The molecule has 2 aliphatic heterocycles. The number of aliphatic hydroxyl groups is 1. The zero-order valence-corrected chi connectivity index (χ0v) is 17.6. The van der Waals surface area contributed by atoms with Gasteiger partial charge in [-0.25, -0.2) is 0 Å². The van der Waals surface area contributed by atoms with Gasteiger partial charge in [-0.05, 0) is 55.5 Å². The highest BCUT2D eigenvalue weighted by molar-refractivity contribution is 6.30. The Hall–Kier alpha value is -1.89. The van der Waals surface area contributed by atoms with E-state index in [1.165, 1.54) is 0 Å². The van der Waals surface area contributed by atoms with Gasteiger partial charge in [-0.15, -0.1) is 10.2 Å². The molecule has 2 saturated heterocycles. The summed E-state index contributed by atoms with van der Waals surface area (Å²) in [5.74, 6) is 0.848. The Morgan fingerprint density at radius 3 is 2.41 bits per heavy atom. The molecule has 1 aromatic heterocycles. The second-order valence-corrected chi connectivity index (χ2v) is 8.69. The van der Waals surface area contributed by atoms with E-state index in [4.69, 9.17) is 23.2 Å². The second-order valence-electron chi connectivity index (χ2n) is 7.86. The molecule has 1 aromatic carbocycles. The average Bonchev–Trinajstić information content (AvgIpc) is 2.75. The van der Waals surface area contributed by atoms with Crippen molar-refractivity contribution >= 4 is 34.9 Å².